The van der Waals surface area contributed by atoms with E-state index in [-0.39, 0.29) is 21.9 Å². The molecule has 0 bridgehead atoms. The average molecular weight is 435 g/mol. The molecule has 7 nitrogen and oxygen atoms in total. The van der Waals surface area contributed by atoms with Crippen LogP contribution in [0.3, 0.4) is 0 Å². The molecule has 1 aromatic heterocycles. The molecule has 1 N–H and O–H groups in total. The molecule has 0 radical (unpaired) electrons. The van der Waals surface area contributed by atoms with Gasteiger partial charge in [0.1, 0.15) is 11.6 Å². The monoisotopic (exact) mass is 435 g/mol. The van der Waals surface area contributed by atoms with Crippen molar-refractivity contribution in [2.24, 2.45) is 0 Å². The Morgan fingerprint density at radius 1 is 1.00 bits per heavy atom. The quantitative estimate of drug-likeness (QED) is 0.571. The minimum atomic E-state index is -3.74. The summed E-state index contributed by atoms with van der Waals surface area (Å²) in [7, 11) is -3.74. The Morgan fingerprint density at radius 2 is 1.67 bits per heavy atom. The highest BCUT2D eigenvalue weighted by Gasteiger charge is 2.24. The second-order valence-electron chi connectivity index (χ2n) is 6.13. The zero-order valence-corrected chi connectivity index (χ0v) is 16.1. The lowest BCUT2D eigenvalue weighted by molar-refractivity contribution is -0.119. The summed E-state index contributed by atoms with van der Waals surface area (Å²) in [6, 6.07) is 11.4. The molecule has 10 heteroatoms. The van der Waals surface area contributed by atoms with Gasteiger partial charge in [-0.05, 0) is 30.3 Å². The highest BCUT2D eigenvalue weighted by molar-refractivity contribution is 7.90. The smallest absolute Gasteiger partial charge is 0.375 e. The first-order valence-corrected chi connectivity index (χ1v) is 10.2. The van der Waals surface area contributed by atoms with E-state index in [1.54, 1.807) is 18.2 Å². The Kier molecular flexibility index (Phi) is 6.26. The van der Waals surface area contributed by atoms with Crippen LogP contribution in [0.5, 0.6) is 0 Å². The van der Waals surface area contributed by atoms with E-state index in [1.807, 2.05) is 0 Å². The zero-order chi connectivity index (χ0) is 21.7. The summed E-state index contributed by atoms with van der Waals surface area (Å²) >= 11 is 0. The van der Waals surface area contributed by atoms with Crippen molar-refractivity contribution in [1.82, 2.24) is 0 Å². The number of hydrogen-bond acceptors (Lipinski definition) is 6. The number of carbonyl (C=O) groups is 2. The van der Waals surface area contributed by atoms with E-state index in [4.69, 9.17) is 9.15 Å². The van der Waals surface area contributed by atoms with Gasteiger partial charge in [0.05, 0.1) is 16.9 Å². The Balaban J connectivity index is 1.63. The highest BCUT2D eigenvalue weighted by atomic mass is 32.2. The second-order valence-corrected chi connectivity index (χ2v) is 8.12. The molecule has 0 unspecified atom stereocenters. The van der Waals surface area contributed by atoms with Crippen molar-refractivity contribution in [3.05, 3.63) is 83.8 Å². The number of benzene rings is 2. The molecule has 0 aliphatic carbocycles. The molecule has 1 amide bonds. The number of ether oxygens (including phenoxy) is 1. The molecule has 0 fully saturated rings. The fourth-order valence-corrected chi connectivity index (χ4v) is 3.94. The number of amides is 1. The van der Waals surface area contributed by atoms with Crippen LogP contribution in [0.4, 0.5) is 14.5 Å². The maximum absolute atomic E-state index is 13.1. The number of nitrogens with one attached hydrogen (secondary N) is 1. The number of esters is 1. The third-order valence-electron chi connectivity index (χ3n) is 3.86. The average Bonchev–Trinajstić information content (AvgIpc) is 3.13. The summed E-state index contributed by atoms with van der Waals surface area (Å²) in [5.41, 5.74) is -0.0855. The van der Waals surface area contributed by atoms with Gasteiger partial charge in [-0.15, -0.1) is 0 Å². The van der Waals surface area contributed by atoms with Crippen LogP contribution in [-0.4, -0.2) is 26.9 Å². The minimum absolute atomic E-state index is 0.0662. The number of halogens is 2. The van der Waals surface area contributed by atoms with Crippen molar-refractivity contribution < 1.29 is 35.9 Å². The summed E-state index contributed by atoms with van der Waals surface area (Å²) in [6.45, 7) is -0.775. The van der Waals surface area contributed by atoms with Crippen molar-refractivity contribution in [1.29, 1.82) is 0 Å². The molecule has 3 rings (SSSR count). The molecule has 1 heterocycles. The van der Waals surface area contributed by atoms with Gasteiger partial charge in [-0.2, -0.15) is 0 Å². The summed E-state index contributed by atoms with van der Waals surface area (Å²) in [6.07, 6.45) is 1.13. The number of furan rings is 1. The first kappa shape index (κ1) is 21.2. The van der Waals surface area contributed by atoms with Crippen LogP contribution in [0.2, 0.25) is 0 Å². The molecular formula is C20H15F2NO6S. The molecule has 0 aliphatic heterocycles. The molecule has 0 aliphatic rings. The highest BCUT2D eigenvalue weighted by Crippen LogP contribution is 2.20. The predicted octanol–water partition coefficient (Wildman–Crippen LogP) is 3.33. The minimum Gasteiger partial charge on any atom is -0.457 e. The molecule has 3 aromatic rings. The topological polar surface area (TPSA) is 103 Å². The molecule has 2 aromatic carbocycles. The van der Waals surface area contributed by atoms with Crippen LogP contribution in [0.15, 0.2) is 70.2 Å². The van der Waals surface area contributed by atoms with Gasteiger partial charge in [0.2, 0.25) is 5.76 Å². The van der Waals surface area contributed by atoms with E-state index in [1.165, 1.54) is 18.2 Å². The van der Waals surface area contributed by atoms with Crippen molar-refractivity contribution in [3.8, 4) is 0 Å². The van der Waals surface area contributed by atoms with Crippen molar-refractivity contribution in [2.75, 3.05) is 11.9 Å². The normalized spacial score (nSPS) is 11.1. The SMILES string of the molecule is O=C(COC(=O)c1occc1CS(=O)(=O)c1ccccc1)Nc1cc(F)cc(F)c1. The summed E-state index contributed by atoms with van der Waals surface area (Å²) in [4.78, 5) is 24.1. The molecule has 0 saturated heterocycles. The standard InChI is InChI=1S/C20H15F2NO6S/c21-14-8-15(22)10-16(9-14)23-18(24)11-29-20(25)19-13(6-7-28-19)12-30(26,27)17-4-2-1-3-5-17/h1-10H,11-12H2,(H,23,24). The van der Waals surface area contributed by atoms with Crippen molar-refractivity contribution in [2.45, 2.75) is 10.6 Å². The maximum atomic E-state index is 13.1. The van der Waals surface area contributed by atoms with Gasteiger partial charge in [0.25, 0.3) is 5.91 Å². The van der Waals surface area contributed by atoms with Crippen LogP contribution >= 0.6 is 0 Å². The molecule has 156 valence electrons. The van der Waals surface area contributed by atoms with Crippen molar-refractivity contribution >= 4 is 27.4 Å². The van der Waals surface area contributed by atoms with Gasteiger partial charge in [-0.1, -0.05) is 18.2 Å². The fourth-order valence-electron chi connectivity index (χ4n) is 2.56. The van der Waals surface area contributed by atoms with Crippen LogP contribution in [0.25, 0.3) is 0 Å². The molecular weight excluding hydrogens is 420 g/mol. The first-order chi connectivity index (χ1) is 14.2. The summed E-state index contributed by atoms with van der Waals surface area (Å²) in [5, 5.41) is 2.18. The van der Waals surface area contributed by atoms with E-state index in [2.05, 4.69) is 5.32 Å². The number of carbonyl (C=O) groups excluding carboxylic acids is 2. The van der Waals surface area contributed by atoms with Crippen LogP contribution < -0.4 is 5.32 Å². The van der Waals surface area contributed by atoms with E-state index < -0.39 is 45.7 Å². The summed E-state index contributed by atoms with van der Waals surface area (Å²) < 4.78 is 61.1. The lowest BCUT2D eigenvalue weighted by atomic mass is 10.3. The van der Waals surface area contributed by atoms with E-state index >= 15 is 0 Å². The molecule has 0 saturated carbocycles. The third-order valence-corrected chi connectivity index (χ3v) is 5.54. The third kappa shape index (κ3) is 5.29. The lowest BCUT2D eigenvalue weighted by Gasteiger charge is -2.07. The van der Waals surface area contributed by atoms with E-state index in [9.17, 15) is 26.8 Å². The van der Waals surface area contributed by atoms with Crippen LogP contribution in [0, 0.1) is 11.6 Å². The van der Waals surface area contributed by atoms with Gasteiger partial charge >= 0.3 is 5.97 Å². The second kappa shape index (κ2) is 8.87. The van der Waals surface area contributed by atoms with Crippen molar-refractivity contribution in [3.63, 3.8) is 0 Å². The first-order valence-electron chi connectivity index (χ1n) is 8.52. The molecule has 0 spiro atoms. The van der Waals surface area contributed by atoms with Gasteiger partial charge in [0, 0.05) is 17.3 Å². The van der Waals surface area contributed by atoms with E-state index in [0.29, 0.717) is 6.07 Å². The summed E-state index contributed by atoms with van der Waals surface area (Å²) in [5.74, 6) is -4.55. The Labute approximate surface area is 170 Å². The molecule has 30 heavy (non-hydrogen) atoms. The predicted molar refractivity (Wildman–Crippen MR) is 101 cm³/mol. The number of hydrogen-bond donors (Lipinski definition) is 1. The van der Waals surface area contributed by atoms with Crippen LogP contribution in [-0.2, 0) is 25.1 Å². The van der Waals surface area contributed by atoms with Gasteiger partial charge in [0.15, 0.2) is 16.4 Å². The maximum Gasteiger partial charge on any atom is 0.375 e. The lowest BCUT2D eigenvalue weighted by Crippen LogP contribution is -2.21. The fraction of sp³-hybridized carbons (Fsp3) is 0.100. The van der Waals surface area contributed by atoms with Gasteiger partial charge < -0.3 is 14.5 Å². The number of sulfone groups is 1. The number of rotatable bonds is 7. The number of anilines is 1. The van der Waals surface area contributed by atoms with Gasteiger partial charge in [-0.3, -0.25) is 4.79 Å². The van der Waals surface area contributed by atoms with Gasteiger partial charge in [-0.25, -0.2) is 22.0 Å². The van der Waals surface area contributed by atoms with E-state index in [0.717, 1.165) is 18.4 Å². The zero-order valence-electron chi connectivity index (χ0n) is 15.3. The van der Waals surface area contributed by atoms with Crippen LogP contribution in [0.1, 0.15) is 16.1 Å². The molecule has 0 atom stereocenters. The Hall–Kier alpha value is -3.53. The Morgan fingerprint density at radius 3 is 2.33 bits per heavy atom. The Bertz CT molecular complexity index is 1150. The largest absolute Gasteiger partial charge is 0.457 e.